The van der Waals surface area contributed by atoms with Crippen LogP contribution in [0.2, 0.25) is 0 Å². The maximum Gasteiger partial charge on any atom is 0.418 e. The number of para-hydroxylation sites is 1. The number of hydrogen-bond acceptors (Lipinski definition) is 3. The molecule has 0 fully saturated rings. The predicted octanol–water partition coefficient (Wildman–Crippen LogP) is 3.82. The smallest absolute Gasteiger partial charge is 0.334 e. The lowest BCUT2D eigenvalue weighted by atomic mass is 10.1. The molecule has 0 atom stereocenters. The van der Waals surface area contributed by atoms with Crippen molar-refractivity contribution in [2.45, 2.75) is 12.7 Å². The number of rotatable bonds is 4. The van der Waals surface area contributed by atoms with E-state index in [9.17, 15) is 18.0 Å². The van der Waals surface area contributed by atoms with Gasteiger partial charge in [-0.05, 0) is 29.8 Å². The molecule has 9 heteroatoms. The molecule has 2 amide bonds. The SMILES string of the molecule is Cn1nccc1-c1cncc(CNC(=O)Nc2ccccc2C(F)(F)F)c1. The average molecular weight is 375 g/mol. The summed E-state index contributed by atoms with van der Waals surface area (Å²) in [4.78, 5) is 16.1. The topological polar surface area (TPSA) is 71.8 Å². The molecule has 27 heavy (non-hydrogen) atoms. The zero-order chi connectivity index (χ0) is 19.4. The molecule has 0 aliphatic rings. The number of benzene rings is 1. The molecule has 2 N–H and O–H groups in total. The molecule has 2 aromatic heterocycles. The van der Waals surface area contributed by atoms with Crippen LogP contribution in [0.1, 0.15) is 11.1 Å². The number of carbonyl (C=O) groups excluding carboxylic acids is 1. The Hall–Kier alpha value is -3.36. The van der Waals surface area contributed by atoms with Crippen LogP contribution >= 0.6 is 0 Å². The van der Waals surface area contributed by atoms with Crippen molar-refractivity contribution in [3.8, 4) is 11.3 Å². The van der Waals surface area contributed by atoms with E-state index in [1.807, 2.05) is 12.1 Å². The second kappa shape index (κ2) is 7.48. The summed E-state index contributed by atoms with van der Waals surface area (Å²) in [6.07, 6.45) is 0.348. The molecule has 3 aromatic rings. The van der Waals surface area contributed by atoms with Gasteiger partial charge in [0.15, 0.2) is 0 Å². The van der Waals surface area contributed by atoms with E-state index in [1.54, 1.807) is 30.3 Å². The van der Waals surface area contributed by atoms with Gasteiger partial charge >= 0.3 is 12.2 Å². The summed E-state index contributed by atoms with van der Waals surface area (Å²) in [5.41, 5.74) is 1.17. The fourth-order valence-corrected chi connectivity index (χ4v) is 2.57. The van der Waals surface area contributed by atoms with E-state index in [0.29, 0.717) is 5.56 Å². The number of pyridine rings is 1. The Labute approximate surface area is 153 Å². The van der Waals surface area contributed by atoms with Gasteiger partial charge in [0, 0.05) is 37.7 Å². The highest BCUT2D eigenvalue weighted by Gasteiger charge is 2.33. The van der Waals surface area contributed by atoms with Gasteiger partial charge in [0.05, 0.1) is 16.9 Å². The first kappa shape index (κ1) is 18.4. The molecular weight excluding hydrogens is 359 g/mol. The first-order chi connectivity index (χ1) is 12.8. The van der Waals surface area contributed by atoms with Crippen molar-refractivity contribution in [3.05, 3.63) is 66.1 Å². The Morgan fingerprint density at radius 2 is 1.96 bits per heavy atom. The molecule has 0 aliphatic carbocycles. The number of carbonyl (C=O) groups is 1. The third-order valence-electron chi connectivity index (χ3n) is 3.85. The average Bonchev–Trinajstić information content (AvgIpc) is 3.06. The van der Waals surface area contributed by atoms with Gasteiger partial charge < -0.3 is 10.6 Å². The highest BCUT2D eigenvalue weighted by Crippen LogP contribution is 2.34. The fourth-order valence-electron chi connectivity index (χ4n) is 2.57. The Kier molecular flexibility index (Phi) is 5.11. The van der Waals surface area contributed by atoms with Crippen molar-refractivity contribution in [1.29, 1.82) is 0 Å². The van der Waals surface area contributed by atoms with Crippen molar-refractivity contribution >= 4 is 11.7 Å². The van der Waals surface area contributed by atoms with Crippen LogP contribution in [0.4, 0.5) is 23.7 Å². The molecule has 3 rings (SSSR count). The summed E-state index contributed by atoms with van der Waals surface area (Å²) >= 11 is 0. The number of nitrogens with zero attached hydrogens (tertiary/aromatic N) is 3. The van der Waals surface area contributed by atoms with Gasteiger partial charge in [-0.15, -0.1) is 0 Å². The van der Waals surface area contributed by atoms with Gasteiger partial charge in [0.2, 0.25) is 0 Å². The minimum atomic E-state index is -4.55. The molecule has 140 valence electrons. The van der Waals surface area contributed by atoms with E-state index in [4.69, 9.17) is 0 Å². The normalized spacial score (nSPS) is 11.3. The Morgan fingerprint density at radius 3 is 2.67 bits per heavy atom. The molecule has 0 saturated carbocycles. The van der Waals surface area contributed by atoms with Gasteiger partial charge in [-0.2, -0.15) is 18.3 Å². The third kappa shape index (κ3) is 4.43. The first-order valence-electron chi connectivity index (χ1n) is 7.98. The van der Waals surface area contributed by atoms with Crippen LogP contribution in [0.25, 0.3) is 11.3 Å². The summed E-state index contributed by atoms with van der Waals surface area (Å²) in [5, 5.41) is 8.86. The van der Waals surface area contributed by atoms with Crippen molar-refractivity contribution in [2.24, 2.45) is 7.05 Å². The molecule has 2 heterocycles. The number of hydrogen-bond donors (Lipinski definition) is 2. The molecular formula is C18H16F3N5O. The second-order valence-corrected chi connectivity index (χ2v) is 5.77. The van der Waals surface area contributed by atoms with Crippen LogP contribution in [-0.4, -0.2) is 20.8 Å². The maximum atomic E-state index is 13.0. The Morgan fingerprint density at radius 1 is 1.19 bits per heavy atom. The first-order valence-corrected chi connectivity index (χ1v) is 7.98. The Bertz CT molecular complexity index is 952. The number of amides is 2. The van der Waals surface area contributed by atoms with E-state index >= 15 is 0 Å². The monoisotopic (exact) mass is 375 g/mol. The standard InChI is InChI=1S/C18H16F3N5O/c1-26-16(6-7-24-26)13-8-12(9-22-11-13)10-23-17(27)25-15-5-3-2-4-14(15)18(19,20)21/h2-9,11H,10H2,1H3,(H2,23,25,27). The Balaban J connectivity index is 1.66. The lowest BCUT2D eigenvalue weighted by Gasteiger charge is -2.14. The van der Waals surface area contributed by atoms with Crippen LogP contribution in [-0.2, 0) is 19.8 Å². The summed E-state index contributed by atoms with van der Waals surface area (Å²) in [6.45, 7) is 0.110. The van der Waals surface area contributed by atoms with Gasteiger partial charge in [0.1, 0.15) is 0 Å². The minimum Gasteiger partial charge on any atom is -0.334 e. The lowest BCUT2D eigenvalue weighted by molar-refractivity contribution is -0.136. The van der Waals surface area contributed by atoms with Crippen molar-refractivity contribution in [2.75, 3.05) is 5.32 Å². The number of alkyl halides is 3. The zero-order valence-electron chi connectivity index (χ0n) is 14.3. The van der Waals surface area contributed by atoms with Gasteiger partial charge in [-0.1, -0.05) is 12.1 Å². The highest BCUT2D eigenvalue weighted by molar-refractivity contribution is 5.90. The van der Waals surface area contributed by atoms with E-state index in [2.05, 4.69) is 20.7 Å². The minimum absolute atomic E-state index is 0.110. The third-order valence-corrected chi connectivity index (χ3v) is 3.85. The highest BCUT2D eigenvalue weighted by atomic mass is 19.4. The molecule has 0 radical (unpaired) electrons. The number of aryl methyl sites for hydroxylation is 1. The largest absolute Gasteiger partial charge is 0.418 e. The van der Waals surface area contributed by atoms with Crippen LogP contribution in [0.15, 0.2) is 55.0 Å². The van der Waals surface area contributed by atoms with Crippen molar-refractivity contribution < 1.29 is 18.0 Å². The fraction of sp³-hybridized carbons (Fsp3) is 0.167. The van der Waals surface area contributed by atoms with Crippen molar-refractivity contribution in [1.82, 2.24) is 20.1 Å². The molecule has 0 unspecified atom stereocenters. The molecule has 1 aromatic carbocycles. The van der Waals surface area contributed by atoms with Crippen LogP contribution < -0.4 is 10.6 Å². The summed E-state index contributed by atoms with van der Waals surface area (Å²) < 4.78 is 40.6. The summed E-state index contributed by atoms with van der Waals surface area (Å²) in [7, 11) is 1.80. The molecule has 0 saturated heterocycles. The quantitative estimate of drug-likeness (QED) is 0.728. The zero-order valence-corrected chi connectivity index (χ0v) is 14.3. The van der Waals surface area contributed by atoms with Crippen LogP contribution in [0, 0.1) is 0 Å². The molecule has 0 spiro atoms. The number of aromatic nitrogens is 3. The van der Waals surface area contributed by atoms with Gasteiger partial charge in [-0.25, -0.2) is 4.79 Å². The maximum absolute atomic E-state index is 13.0. The molecule has 6 nitrogen and oxygen atoms in total. The van der Waals surface area contributed by atoms with Gasteiger partial charge in [0.25, 0.3) is 0 Å². The van der Waals surface area contributed by atoms with Gasteiger partial charge in [-0.3, -0.25) is 9.67 Å². The van der Waals surface area contributed by atoms with E-state index in [1.165, 1.54) is 18.2 Å². The van der Waals surface area contributed by atoms with Crippen molar-refractivity contribution in [3.63, 3.8) is 0 Å². The second-order valence-electron chi connectivity index (χ2n) is 5.77. The number of nitrogens with one attached hydrogen (secondary N) is 2. The summed E-state index contributed by atoms with van der Waals surface area (Å²) in [5.74, 6) is 0. The predicted molar refractivity (Wildman–Crippen MR) is 93.7 cm³/mol. The number of urea groups is 1. The van der Waals surface area contributed by atoms with E-state index in [-0.39, 0.29) is 12.2 Å². The number of anilines is 1. The van der Waals surface area contributed by atoms with E-state index < -0.39 is 17.8 Å². The van der Waals surface area contributed by atoms with Crippen LogP contribution in [0.3, 0.4) is 0 Å². The van der Waals surface area contributed by atoms with Crippen LogP contribution in [0.5, 0.6) is 0 Å². The summed E-state index contributed by atoms with van der Waals surface area (Å²) in [6, 6.07) is 7.72. The molecule has 0 bridgehead atoms. The lowest BCUT2D eigenvalue weighted by Crippen LogP contribution is -2.29. The number of halogens is 3. The van der Waals surface area contributed by atoms with E-state index in [0.717, 1.165) is 17.3 Å². The molecule has 0 aliphatic heterocycles.